The topological polar surface area (TPSA) is 90.3 Å². The van der Waals surface area contributed by atoms with Gasteiger partial charge in [-0.1, -0.05) is 23.2 Å². The Morgan fingerprint density at radius 2 is 1.83 bits per heavy atom. The van der Waals surface area contributed by atoms with Gasteiger partial charge in [0.2, 0.25) is 5.95 Å². The summed E-state index contributed by atoms with van der Waals surface area (Å²) in [4.78, 5) is 8.82. The van der Waals surface area contributed by atoms with E-state index < -0.39 is 0 Å². The van der Waals surface area contributed by atoms with E-state index in [1.54, 1.807) is 12.1 Å². The summed E-state index contributed by atoms with van der Waals surface area (Å²) >= 11 is 11.9. The maximum Gasteiger partial charge on any atom is 0.224 e. The van der Waals surface area contributed by atoms with E-state index in [1.165, 1.54) is 0 Å². The maximum absolute atomic E-state index is 9.61. The molecule has 1 fully saturated rings. The molecule has 0 unspecified atom stereocenters. The van der Waals surface area contributed by atoms with Gasteiger partial charge in [0.25, 0.3) is 0 Å². The van der Waals surface area contributed by atoms with Gasteiger partial charge in [-0.05, 0) is 25.0 Å². The average Bonchev–Trinajstić information content (AvgIpc) is 3.35. The normalized spacial score (nSPS) is 13.9. The van der Waals surface area contributed by atoms with E-state index in [0.717, 1.165) is 18.5 Å². The molecule has 1 heterocycles. The van der Waals surface area contributed by atoms with E-state index in [2.05, 4.69) is 20.6 Å². The van der Waals surface area contributed by atoms with Gasteiger partial charge in [-0.2, -0.15) is 4.98 Å². The first-order valence-corrected chi connectivity index (χ1v) is 8.01. The monoisotopic (exact) mass is 354 g/mol. The summed E-state index contributed by atoms with van der Waals surface area (Å²) in [5, 5.41) is 24.9. The summed E-state index contributed by atoms with van der Waals surface area (Å²) in [7, 11) is 0. The van der Waals surface area contributed by atoms with Crippen LogP contribution in [0.15, 0.2) is 18.2 Å². The van der Waals surface area contributed by atoms with Gasteiger partial charge >= 0.3 is 0 Å². The molecule has 2 aromatic rings. The van der Waals surface area contributed by atoms with Crippen LogP contribution < -0.4 is 10.6 Å². The number of aromatic hydroxyl groups is 1. The Morgan fingerprint density at radius 3 is 2.43 bits per heavy atom. The number of rotatable bonds is 6. The molecule has 0 spiro atoms. The number of anilines is 3. The lowest BCUT2D eigenvalue weighted by Gasteiger charge is -2.11. The zero-order chi connectivity index (χ0) is 16.4. The van der Waals surface area contributed by atoms with Crippen molar-refractivity contribution in [2.45, 2.75) is 18.8 Å². The largest absolute Gasteiger partial charge is 0.505 e. The van der Waals surface area contributed by atoms with Crippen LogP contribution in [0.1, 0.15) is 24.5 Å². The second kappa shape index (κ2) is 6.78. The molecule has 1 saturated carbocycles. The van der Waals surface area contributed by atoms with Gasteiger partial charge in [-0.25, -0.2) is 4.98 Å². The molecular weight excluding hydrogens is 339 g/mol. The maximum atomic E-state index is 9.61. The van der Waals surface area contributed by atoms with Crippen molar-refractivity contribution >= 4 is 40.7 Å². The SMILES string of the molecule is OCCNc1nc(Nc2cc(Cl)c(O)c(Cl)c2)cc(C2CC2)n1. The van der Waals surface area contributed by atoms with Crippen LogP contribution in [0, 0.1) is 0 Å². The molecule has 0 radical (unpaired) electrons. The molecular formula is C15H16Cl2N4O2. The Bertz CT molecular complexity index is 700. The summed E-state index contributed by atoms with van der Waals surface area (Å²) in [6, 6.07) is 5.03. The fourth-order valence-corrected chi connectivity index (χ4v) is 2.64. The highest BCUT2D eigenvalue weighted by Crippen LogP contribution is 2.40. The zero-order valence-electron chi connectivity index (χ0n) is 12.2. The number of nitrogens with zero attached hydrogens (tertiary/aromatic N) is 2. The van der Waals surface area contributed by atoms with Crippen molar-refractivity contribution in [3.63, 3.8) is 0 Å². The average molecular weight is 355 g/mol. The number of aliphatic hydroxyl groups excluding tert-OH is 1. The standard InChI is InChI=1S/C15H16Cl2N4O2/c16-10-5-9(6-11(17)14(10)23)19-13-7-12(8-1-2-8)20-15(21-13)18-3-4-22/h5-8,22-23H,1-4H2,(H2,18,19,20,21). The van der Waals surface area contributed by atoms with Crippen molar-refractivity contribution in [1.29, 1.82) is 0 Å². The highest BCUT2D eigenvalue weighted by atomic mass is 35.5. The number of hydrogen-bond acceptors (Lipinski definition) is 6. The van der Waals surface area contributed by atoms with Crippen LogP contribution in [0.4, 0.5) is 17.5 Å². The van der Waals surface area contributed by atoms with Crippen LogP contribution in [0.3, 0.4) is 0 Å². The van der Waals surface area contributed by atoms with Gasteiger partial charge < -0.3 is 20.8 Å². The lowest BCUT2D eigenvalue weighted by molar-refractivity contribution is 0.311. The second-order valence-electron chi connectivity index (χ2n) is 5.34. The van der Waals surface area contributed by atoms with E-state index >= 15 is 0 Å². The summed E-state index contributed by atoms with van der Waals surface area (Å²) in [5.41, 5.74) is 1.57. The van der Waals surface area contributed by atoms with Gasteiger partial charge in [0.15, 0.2) is 5.75 Å². The first-order valence-electron chi connectivity index (χ1n) is 7.25. The van der Waals surface area contributed by atoms with Gasteiger partial charge in [0.1, 0.15) is 5.82 Å². The van der Waals surface area contributed by atoms with Crippen LogP contribution in [0.25, 0.3) is 0 Å². The first kappa shape index (κ1) is 16.1. The van der Waals surface area contributed by atoms with Crippen LogP contribution in [0.2, 0.25) is 10.0 Å². The van der Waals surface area contributed by atoms with E-state index in [9.17, 15) is 5.11 Å². The van der Waals surface area contributed by atoms with Gasteiger partial charge in [0, 0.05) is 24.2 Å². The Balaban J connectivity index is 1.87. The zero-order valence-corrected chi connectivity index (χ0v) is 13.7. The lowest BCUT2D eigenvalue weighted by Crippen LogP contribution is -2.10. The molecule has 6 nitrogen and oxygen atoms in total. The quantitative estimate of drug-likeness (QED) is 0.593. The van der Waals surface area contributed by atoms with Crippen molar-refractivity contribution in [3.8, 4) is 5.75 Å². The van der Waals surface area contributed by atoms with E-state index in [0.29, 0.717) is 29.9 Å². The molecule has 8 heteroatoms. The highest BCUT2D eigenvalue weighted by Gasteiger charge is 2.26. The summed E-state index contributed by atoms with van der Waals surface area (Å²) in [6.07, 6.45) is 2.24. The molecule has 23 heavy (non-hydrogen) atoms. The third kappa shape index (κ3) is 3.96. The van der Waals surface area contributed by atoms with Crippen molar-refractivity contribution in [1.82, 2.24) is 9.97 Å². The molecule has 0 atom stereocenters. The van der Waals surface area contributed by atoms with Crippen LogP contribution in [0.5, 0.6) is 5.75 Å². The highest BCUT2D eigenvalue weighted by molar-refractivity contribution is 6.37. The molecule has 0 bridgehead atoms. The van der Waals surface area contributed by atoms with Crippen LogP contribution in [-0.4, -0.2) is 33.3 Å². The first-order chi connectivity index (χ1) is 11.1. The minimum atomic E-state index is -0.148. The Morgan fingerprint density at radius 1 is 1.13 bits per heavy atom. The van der Waals surface area contributed by atoms with Crippen molar-refractivity contribution in [2.75, 3.05) is 23.8 Å². The molecule has 0 amide bonds. The third-order valence-corrected chi connectivity index (χ3v) is 4.00. The van der Waals surface area contributed by atoms with Crippen molar-refractivity contribution < 1.29 is 10.2 Å². The third-order valence-electron chi connectivity index (χ3n) is 3.43. The molecule has 122 valence electrons. The summed E-state index contributed by atoms with van der Waals surface area (Å²) < 4.78 is 0. The molecule has 3 rings (SSSR count). The van der Waals surface area contributed by atoms with Crippen LogP contribution >= 0.6 is 23.2 Å². The Hall–Kier alpha value is -1.76. The second-order valence-corrected chi connectivity index (χ2v) is 6.15. The predicted octanol–water partition coefficient (Wildman–Crippen LogP) is 3.51. The molecule has 1 aliphatic carbocycles. The van der Waals surface area contributed by atoms with Gasteiger partial charge in [-0.3, -0.25) is 0 Å². The minimum Gasteiger partial charge on any atom is -0.505 e. The Kier molecular flexibility index (Phi) is 4.75. The van der Waals surface area contributed by atoms with Crippen molar-refractivity contribution in [2.24, 2.45) is 0 Å². The number of aromatic nitrogens is 2. The fraction of sp³-hybridized carbons (Fsp3) is 0.333. The van der Waals surface area contributed by atoms with Gasteiger partial charge in [0.05, 0.1) is 22.3 Å². The number of benzene rings is 1. The number of hydrogen-bond donors (Lipinski definition) is 4. The Labute approximate surface area is 143 Å². The number of phenols is 1. The smallest absolute Gasteiger partial charge is 0.224 e. The van der Waals surface area contributed by atoms with Gasteiger partial charge in [-0.15, -0.1) is 0 Å². The van der Waals surface area contributed by atoms with Crippen molar-refractivity contribution in [3.05, 3.63) is 33.9 Å². The summed E-state index contributed by atoms with van der Waals surface area (Å²) in [5.74, 6) is 1.37. The fourth-order valence-electron chi connectivity index (χ4n) is 2.15. The summed E-state index contributed by atoms with van der Waals surface area (Å²) in [6.45, 7) is 0.382. The lowest BCUT2D eigenvalue weighted by atomic mass is 10.2. The molecule has 1 aliphatic rings. The molecule has 4 N–H and O–H groups in total. The van der Waals surface area contributed by atoms with E-state index in [-0.39, 0.29) is 22.4 Å². The van der Waals surface area contributed by atoms with Crippen LogP contribution in [-0.2, 0) is 0 Å². The number of phenolic OH excluding ortho intramolecular Hbond substituents is 1. The minimum absolute atomic E-state index is 0.00293. The number of halogens is 2. The number of nitrogens with one attached hydrogen (secondary N) is 2. The molecule has 0 aliphatic heterocycles. The predicted molar refractivity (Wildman–Crippen MR) is 91.0 cm³/mol. The van der Waals surface area contributed by atoms with E-state index in [4.69, 9.17) is 28.3 Å². The molecule has 1 aromatic carbocycles. The molecule has 0 saturated heterocycles. The molecule has 1 aromatic heterocycles. The van der Waals surface area contributed by atoms with E-state index in [1.807, 2.05) is 6.07 Å². The number of aliphatic hydroxyl groups is 1.